The van der Waals surface area contributed by atoms with Crippen LogP contribution in [0.5, 0.6) is 0 Å². The lowest BCUT2D eigenvalue weighted by molar-refractivity contribution is 0.531. The molecule has 0 fully saturated rings. The predicted octanol–water partition coefficient (Wildman–Crippen LogP) is 3.16. The van der Waals surface area contributed by atoms with Crippen molar-refractivity contribution in [3.63, 3.8) is 0 Å². The summed E-state index contributed by atoms with van der Waals surface area (Å²) in [5, 5.41) is 6.83. The Morgan fingerprint density at radius 2 is 1.89 bits per heavy atom. The maximum absolute atomic E-state index is 3.42. The van der Waals surface area contributed by atoms with Crippen LogP contribution in [0.15, 0.2) is 18.2 Å². The number of aryl methyl sites for hydroxylation is 1. The van der Waals surface area contributed by atoms with E-state index in [0.717, 1.165) is 13.1 Å². The van der Waals surface area contributed by atoms with Gasteiger partial charge in [0.2, 0.25) is 0 Å². The number of nitrogens with one attached hydrogen (secondary N) is 2. The van der Waals surface area contributed by atoms with Crippen molar-refractivity contribution >= 4 is 0 Å². The molecule has 0 aliphatic heterocycles. The third kappa shape index (κ3) is 3.82. The topological polar surface area (TPSA) is 24.1 Å². The highest BCUT2D eigenvalue weighted by Gasteiger charge is 2.17. The van der Waals surface area contributed by atoms with E-state index in [9.17, 15) is 0 Å². The molecule has 0 aliphatic carbocycles. The van der Waals surface area contributed by atoms with Gasteiger partial charge in [0.15, 0.2) is 0 Å². The Morgan fingerprint density at radius 3 is 2.39 bits per heavy atom. The van der Waals surface area contributed by atoms with Gasteiger partial charge < -0.3 is 10.6 Å². The Labute approximate surface area is 112 Å². The molecular formula is C16H28N2. The Bertz CT molecular complexity index is 377. The second-order valence-corrected chi connectivity index (χ2v) is 5.97. The fourth-order valence-electron chi connectivity index (χ4n) is 2.14. The maximum Gasteiger partial charge on any atom is 0.0447 e. The minimum Gasteiger partial charge on any atom is -0.315 e. The van der Waals surface area contributed by atoms with Gasteiger partial charge in [-0.05, 0) is 42.6 Å². The fourth-order valence-corrected chi connectivity index (χ4v) is 2.14. The lowest BCUT2D eigenvalue weighted by Gasteiger charge is -2.24. The second-order valence-electron chi connectivity index (χ2n) is 5.97. The van der Waals surface area contributed by atoms with Gasteiger partial charge >= 0.3 is 0 Å². The van der Waals surface area contributed by atoms with E-state index in [1.54, 1.807) is 0 Å². The van der Waals surface area contributed by atoms with Crippen LogP contribution >= 0.6 is 0 Å². The third-order valence-electron chi connectivity index (χ3n) is 3.47. The van der Waals surface area contributed by atoms with Crippen molar-refractivity contribution in [3.8, 4) is 0 Å². The highest BCUT2D eigenvalue weighted by molar-refractivity contribution is 5.36. The van der Waals surface area contributed by atoms with E-state index in [1.165, 1.54) is 16.7 Å². The minimum absolute atomic E-state index is 0.207. The van der Waals surface area contributed by atoms with Gasteiger partial charge in [-0.3, -0.25) is 0 Å². The van der Waals surface area contributed by atoms with Crippen molar-refractivity contribution in [2.24, 2.45) is 0 Å². The van der Waals surface area contributed by atoms with E-state index >= 15 is 0 Å². The molecule has 1 aromatic rings. The molecule has 0 aromatic heterocycles. The highest BCUT2D eigenvalue weighted by atomic mass is 15.0. The normalized spacial score (nSPS) is 13.7. The van der Waals surface area contributed by atoms with E-state index in [2.05, 4.69) is 63.5 Å². The summed E-state index contributed by atoms with van der Waals surface area (Å²) in [5.74, 6) is 0. The summed E-state index contributed by atoms with van der Waals surface area (Å²) in [5.41, 5.74) is 4.38. The van der Waals surface area contributed by atoms with E-state index in [1.807, 2.05) is 7.05 Å². The summed E-state index contributed by atoms with van der Waals surface area (Å²) < 4.78 is 0. The highest BCUT2D eigenvalue weighted by Crippen LogP contribution is 2.27. The molecule has 18 heavy (non-hydrogen) atoms. The number of benzene rings is 1. The summed E-state index contributed by atoms with van der Waals surface area (Å²) in [6, 6.07) is 7.23. The summed E-state index contributed by atoms with van der Waals surface area (Å²) in [7, 11) is 2.03. The molecule has 1 rings (SSSR count). The Balaban J connectivity index is 3.05. The summed E-state index contributed by atoms with van der Waals surface area (Å²) in [6.45, 7) is 13.1. The SMILES string of the molecule is CCNCC(NC)c1cc(C(C)(C)C)ccc1C. The summed E-state index contributed by atoms with van der Waals surface area (Å²) >= 11 is 0. The fraction of sp³-hybridized carbons (Fsp3) is 0.625. The Hall–Kier alpha value is -0.860. The Kier molecular flexibility index (Phi) is 5.36. The molecule has 0 radical (unpaired) electrons. The Morgan fingerprint density at radius 1 is 1.22 bits per heavy atom. The molecule has 0 spiro atoms. The number of rotatable bonds is 5. The van der Waals surface area contributed by atoms with Crippen LogP contribution in [0.3, 0.4) is 0 Å². The van der Waals surface area contributed by atoms with Gasteiger partial charge in [0.25, 0.3) is 0 Å². The maximum atomic E-state index is 3.42. The van der Waals surface area contributed by atoms with Crippen molar-refractivity contribution in [1.29, 1.82) is 0 Å². The van der Waals surface area contributed by atoms with Crippen LogP contribution in [-0.2, 0) is 5.41 Å². The van der Waals surface area contributed by atoms with Crippen molar-refractivity contribution in [3.05, 3.63) is 34.9 Å². The molecular weight excluding hydrogens is 220 g/mol. The molecule has 0 saturated carbocycles. The van der Waals surface area contributed by atoms with E-state index in [4.69, 9.17) is 0 Å². The van der Waals surface area contributed by atoms with Crippen molar-refractivity contribution in [1.82, 2.24) is 10.6 Å². The lowest BCUT2D eigenvalue weighted by atomic mass is 9.84. The van der Waals surface area contributed by atoms with Crippen molar-refractivity contribution in [2.45, 2.75) is 46.1 Å². The molecule has 2 N–H and O–H groups in total. The first-order valence-electron chi connectivity index (χ1n) is 6.89. The third-order valence-corrected chi connectivity index (χ3v) is 3.47. The molecule has 1 atom stereocenters. The van der Waals surface area contributed by atoms with Crippen molar-refractivity contribution in [2.75, 3.05) is 20.1 Å². The second kappa shape index (κ2) is 6.35. The monoisotopic (exact) mass is 248 g/mol. The number of hydrogen-bond donors (Lipinski definition) is 2. The molecule has 0 saturated heterocycles. The van der Waals surface area contributed by atoms with Crippen LogP contribution in [0.4, 0.5) is 0 Å². The molecule has 2 nitrogen and oxygen atoms in total. The van der Waals surface area contributed by atoms with Crippen LogP contribution in [0.1, 0.15) is 50.4 Å². The van der Waals surface area contributed by atoms with Crippen LogP contribution in [0.25, 0.3) is 0 Å². The molecule has 2 heteroatoms. The summed E-state index contributed by atoms with van der Waals surface area (Å²) in [4.78, 5) is 0. The van der Waals surface area contributed by atoms with Crippen LogP contribution < -0.4 is 10.6 Å². The van der Waals surface area contributed by atoms with Gasteiger partial charge in [-0.1, -0.05) is 45.9 Å². The van der Waals surface area contributed by atoms with Gasteiger partial charge in [-0.15, -0.1) is 0 Å². The minimum atomic E-state index is 0.207. The molecule has 0 heterocycles. The van der Waals surface area contributed by atoms with E-state index in [-0.39, 0.29) is 5.41 Å². The zero-order valence-electron chi connectivity index (χ0n) is 12.7. The molecule has 1 unspecified atom stereocenters. The standard InChI is InChI=1S/C16H28N2/c1-7-18-11-15(17-6)14-10-13(16(3,4)5)9-8-12(14)2/h8-10,15,17-18H,7,11H2,1-6H3. The van der Waals surface area contributed by atoms with Gasteiger partial charge in [0.05, 0.1) is 0 Å². The first-order valence-corrected chi connectivity index (χ1v) is 6.89. The largest absolute Gasteiger partial charge is 0.315 e. The van der Waals surface area contributed by atoms with Gasteiger partial charge in [-0.25, -0.2) is 0 Å². The first-order chi connectivity index (χ1) is 8.40. The quantitative estimate of drug-likeness (QED) is 0.836. The summed E-state index contributed by atoms with van der Waals surface area (Å²) in [6.07, 6.45) is 0. The smallest absolute Gasteiger partial charge is 0.0447 e. The molecule has 1 aromatic carbocycles. The van der Waals surface area contributed by atoms with Crippen LogP contribution in [0, 0.1) is 6.92 Å². The van der Waals surface area contributed by atoms with E-state index < -0.39 is 0 Å². The molecule has 0 aliphatic rings. The predicted molar refractivity (Wildman–Crippen MR) is 80.2 cm³/mol. The van der Waals surface area contributed by atoms with E-state index in [0.29, 0.717) is 6.04 Å². The molecule has 0 bridgehead atoms. The zero-order valence-corrected chi connectivity index (χ0v) is 12.7. The van der Waals surface area contributed by atoms with Gasteiger partial charge in [0.1, 0.15) is 0 Å². The number of likely N-dealkylation sites (N-methyl/N-ethyl adjacent to an activating group) is 2. The van der Waals surface area contributed by atoms with Crippen LogP contribution in [0.2, 0.25) is 0 Å². The van der Waals surface area contributed by atoms with Gasteiger partial charge in [0, 0.05) is 12.6 Å². The average Bonchev–Trinajstić information content (AvgIpc) is 2.30. The first kappa shape index (κ1) is 15.2. The lowest BCUT2D eigenvalue weighted by Crippen LogP contribution is -2.30. The molecule has 102 valence electrons. The van der Waals surface area contributed by atoms with Crippen molar-refractivity contribution < 1.29 is 0 Å². The molecule has 0 amide bonds. The van der Waals surface area contributed by atoms with Gasteiger partial charge in [-0.2, -0.15) is 0 Å². The zero-order chi connectivity index (χ0) is 13.8. The van der Waals surface area contributed by atoms with Crippen LogP contribution in [-0.4, -0.2) is 20.1 Å². The average molecular weight is 248 g/mol. The number of hydrogen-bond acceptors (Lipinski definition) is 2.